The average molecular weight is 589 g/mol. The second kappa shape index (κ2) is 11.2. The van der Waals surface area contributed by atoms with Gasteiger partial charge in [-0.05, 0) is 48.5 Å². The summed E-state index contributed by atoms with van der Waals surface area (Å²) in [7, 11) is -0.994. The first-order valence-corrected chi connectivity index (χ1v) is 13.8. The van der Waals surface area contributed by atoms with Crippen LogP contribution in [-0.4, -0.2) is 39.3 Å². The molecule has 4 rings (SSSR count). The van der Waals surface area contributed by atoms with E-state index in [1.165, 1.54) is 26.4 Å². The van der Waals surface area contributed by atoms with Crippen molar-refractivity contribution < 1.29 is 27.1 Å². The van der Waals surface area contributed by atoms with E-state index in [9.17, 15) is 13.2 Å². The molecule has 3 aromatic carbocycles. The highest BCUT2D eigenvalue weighted by Crippen LogP contribution is 2.35. The first-order chi connectivity index (χ1) is 17.3. The molecule has 1 aromatic heterocycles. The maximum absolute atomic E-state index is 13.4. The first-order valence-electron chi connectivity index (χ1n) is 10.5. The molecule has 0 atom stereocenters. The Bertz CT molecular complexity index is 1470. The zero-order valence-corrected chi connectivity index (χ0v) is 22.4. The van der Waals surface area contributed by atoms with Gasteiger partial charge in [0, 0.05) is 16.1 Å². The molecule has 0 radical (unpaired) electrons. The van der Waals surface area contributed by atoms with Gasteiger partial charge in [-0.3, -0.25) is 4.79 Å². The number of carbonyl (C=O) groups is 1. The highest BCUT2D eigenvalue weighted by atomic mass is 79.9. The van der Waals surface area contributed by atoms with E-state index in [0.29, 0.717) is 22.7 Å². The largest absolute Gasteiger partial charge is 0.497 e. The zero-order valence-electron chi connectivity index (χ0n) is 19.2. The van der Waals surface area contributed by atoms with Crippen molar-refractivity contribution in [3.63, 3.8) is 0 Å². The van der Waals surface area contributed by atoms with E-state index >= 15 is 0 Å². The number of rotatable bonds is 9. The van der Waals surface area contributed by atoms with E-state index in [1.54, 1.807) is 54.6 Å². The number of hydrogen-bond donors (Lipinski definition) is 1. The molecule has 0 saturated heterocycles. The number of oxazole rings is 1. The van der Waals surface area contributed by atoms with Crippen LogP contribution >= 0.6 is 27.7 Å². The van der Waals surface area contributed by atoms with Crippen LogP contribution < -0.4 is 14.8 Å². The third-order valence-corrected chi connectivity index (χ3v) is 8.27. The molecule has 0 aliphatic rings. The van der Waals surface area contributed by atoms with Crippen LogP contribution in [-0.2, 0) is 14.6 Å². The quantitative estimate of drug-likeness (QED) is 0.249. The number of ether oxygens (including phenoxy) is 2. The summed E-state index contributed by atoms with van der Waals surface area (Å²) in [5.74, 6) is 0.648. The maximum atomic E-state index is 13.4. The van der Waals surface area contributed by atoms with Crippen LogP contribution in [0.25, 0.3) is 11.5 Å². The molecule has 36 heavy (non-hydrogen) atoms. The molecule has 0 aliphatic heterocycles. The van der Waals surface area contributed by atoms with Crippen molar-refractivity contribution in [3.05, 3.63) is 77.3 Å². The Morgan fingerprint density at radius 1 is 1.03 bits per heavy atom. The summed E-state index contributed by atoms with van der Waals surface area (Å²) in [5.41, 5.74) is 1.07. The number of halogens is 1. The highest BCUT2D eigenvalue weighted by molar-refractivity contribution is 9.10. The SMILES string of the molecule is COc1ccc(NC(=O)CSc2oc(-c3ccccc3)nc2S(=O)(=O)c2ccc(Br)cc2)c(OC)c1. The lowest BCUT2D eigenvalue weighted by Crippen LogP contribution is -2.15. The molecule has 0 bridgehead atoms. The summed E-state index contributed by atoms with van der Waals surface area (Å²) in [6.45, 7) is 0. The Labute approximate surface area is 221 Å². The zero-order chi connectivity index (χ0) is 25.7. The van der Waals surface area contributed by atoms with E-state index in [2.05, 4.69) is 26.2 Å². The van der Waals surface area contributed by atoms with E-state index in [-0.39, 0.29) is 32.6 Å². The topological polar surface area (TPSA) is 108 Å². The monoisotopic (exact) mass is 588 g/mol. The van der Waals surface area contributed by atoms with Gasteiger partial charge in [-0.15, -0.1) is 0 Å². The number of nitrogens with zero attached hydrogens (tertiary/aromatic N) is 1. The fourth-order valence-electron chi connectivity index (χ4n) is 3.20. The van der Waals surface area contributed by atoms with Crippen molar-refractivity contribution in [2.75, 3.05) is 25.3 Å². The second-order valence-electron chi connectivity index (χ2n) is 7.34. The van der Waals surface area contributed by atoms with Gasteiger partial charge in [0.15, 0.2) is 0 Å². The van der Waals surface area contributed by atoms with Gasteiger partial charge in [-0.1, -0.05) is 45.9 Å². The third-order valence-electron chi connectivity index (χ3n) is 4.98. The second-order valence-corrected chi connectivity index (χ2v) is 11.1. The number of anilines is 1. The normalized spacial score (nSPS) is 11.2. The number of methoxy groups -OCH3 is 2. The standard InChI is InChI=1S/C25H21BrN2O6S2/c1-32-18-10-13-20(21(14-18)33-2)27-22(29)15-35-25-24(28-23(34-25)16-6-4-3-5-7-16)36(30,31)19-11-8-17(26)9-12-19/h3-14H,15H2,1-2H3,(H,27,29). The minimum absolute atomic E-state index is 0.0219. The van der Waals surface area contributed by atoms with E-state index in [0.717, 1.165) is 16.2 Å². The van der Waals surface area contributed by atoms with Crippen LogP contribution in [0.4, 0.5) is 5.69 Å². The molecule has 0 fully saturated rings. The van der Waals surface area contributed by atoms with Crippen LogP contribution in [0.5, 0.6) is 11.5 Å². The average Bonchev–Trinajstić information content (AvgIpc) is 3.34. The summed E-state index contributed by atoms with van der Waals surface area (Å²) >= 11 is 4.25. The van der Waals surface area contributed by atoms with E-state index in [1.807, 2.05) is 6.07 Å². The van der Waals surface area contributed by atoms with Gasteiger partial charge in [0.2, 0.25) is 31.8 Å². The number of amides is 1. The molecule has 0 spiro atoms. The number of hydrogen-bond acceptors (Lipinski definition) is 8. The van der Waals surface area contributed by atoms with Crippen molar-refractivity contribution in [2.24, 2.45) is 0 Å². The maximum Gasteiger partial charge on any atom is 0.234 e. The molecule has 1 amide bonds. The Morgan fingerprint density at radius 3 is 2.42 bits per heavy atom. The number of thioether (sulfide) groups is 1. The molecular formula is C25H21BrN2O6S2. The van der Waals surface area contributed by atoms with Crippen LogP contribution in [0.2, 0.25) is 0 Å². The Kier molecular flexibility index (Phi) is 8.02. The van der Waals surface area contributed by atoms with Crippen molar-refractivity contribution in [1.82, 2.24) is 4.98 Å². The van der Waals surface area contributed by atoms with Crippen LogP contribution in [0.15, 0.2) is 96.7 Å². The molecule has 0 aliphatic carbocycles. The first kappa shape index (κ1) is 25.8. The van der Waals surface area contributed by atoms with Gasteiger partial charge >= 0.3 is 0 Å². The van der Waals surface area contributed by atoms with Crippen molar-refractivity contribution in [1.29, 1.82) is 0 Å². The smallest absolute Gasteiger partial charge is 0.234 e. The lowest BCUT2D eigenvalue weighted by atomic mass is 10.2. The van der Waals surface area contributed by atoms with Crippen molar-refractivity contribution in [2.45, 2.75) is 15.0 Å². The van der Waals surface area contributed by atoms with Gasteiger partial charge in [0.05, 0.1) is 30.6 Å². The number of carbonyl (C=O) groups excluding carboxylic acids is 1. The number of nitrogens with one attached hydrogen (secondary N) is 1. The minimum Gasteiger partial charge on any atom is -0.497 e. The van der Waals surface area contributed by atoms with Gasteiger partial charge in [-0.2, -0.15) is 4.98 Å². The predicted octanol–water partition coefficient (Wildman–Crippen LogP) is 5.68. The Balaban J connectivity index is 1.61. The molecule has 186 valence electrons. The Hall–Kier alpha value is -3.28. The van der Waals surface area contributed by atoms with E-state index < -0.39 is 9.84 Å². The van der Waals surface area contributed by atoms with Gasteiger partial charge < -0.3 is 19.2 Å². The van der Waals surface area contributed by atoms with Crippen LogP contribution in [0.1, 0.15) is 0 Å². The summed E-state index contributed by atoms with van der Waals surface area (Å²) in [6, 6.07) is 20.2. The molecule has 4 aromatic rings. The minimum atomic E-state index is -4.01. The molecular weight excluding hydrogens is 568 g/mol. The summed E-state index contributed by atoms with van der Waals surface area (Å²) in [6.07, 6.45) is 0. The summed E-state index contributed by atoms with van der Waals surface area (Å²) in [5, 5.41) is 2.54. The van der Waals surface area contributed by atoms with E-state index in [4.69, 9.17) is 13.9 Å². The molecule has 8 nitrogen and oxygen atoms in total. The fraction of sp³-hybridized carbons (Fsp3) is 0.120. The molecule has 1 N–H and O–H groups in total. The lowest BCUT2D eigenvalue weighted by molar-refractivity contribution is -0.113. The number of sulfone groups is 1. The van der Waals surface area contributed by atoms with Crippen LogP contribution in [0.3, 0.4) is 0 Å². The van der Waals surface area contributed by atoms with Crippen molar-refractivity contribution >= 4 is 49.1 Å². The lowest BCUT2D eigenvalue weighted by Gasteiger charge is -2.11. The van der Waals surface area contributed by atoms with Gasteiger partial charge in [0.1, 0.15) is 11.5 Å². The fourth-order valence-corrected chi connectivity index (χ4v) is 5.80. The highest BCUT2D eigenvalue weighted by Gasteiger charge is 2.29. The Morgan fingerprint density at radius 2 is 1.75 bits per heavy atom. The van der Waals surface area contributed by atoms with Gasteiger partial charge in [-0.25, -0.2) is 8.42 Å². The number of aromatic nitrogens is 1. The van der Waals surface area contributed by atoms with Crippen molar-refractivity contribution in [3.8, 4) is 23.0 Å². The summed E-state index contributed by atoms with van der Waals surface area (Å²) in [4.78, 5) is 17.1. The molecule has 11 heteroatoms. The van der Waals surface area contributed by atoms with Gasteiger partial charge in [0.25, 0.3) is 0 Å². The number of benzene rings is 3. The predicted molar refractivity (Wildman–Crippen MR) is 140 cm³/mol. The molecule has 0 saturated carbocycles. The third kappa shape index (κ3) is 5.75. The summed E-state index contributed by atoms with van der Waals surface area (Å²) < 4.78 is 43.9. The molecule has 1 heterocycles. The molecule has 0 unspecified atom stereocenters. The van der Waals surface area contributed by atoms with Crippen LogP contribution in [0, 0.1) is 0 Å².